The summed E-state index contributed by atoms with van der Waals surface area (Å²) in [6, 6.07) is 7.72. The molecule has 0 spiro atoms. The van der Waals surface area contributed by atoms with Crippen LogP contribution in [0.1, 0.15) is 21.8 Å². The van der Waals surface area contributed by atoms with E-state index < -0.39 is 0 Å². The van der Waals surface area contributed by atoms with Crippen LogP contribution in [0.15, 0.2) is 40.8 Å². The fourth-order valence-electron chi connectivity index (χ4n) is 2.30. The lowest BCUT2D eigenvalue weighted by atomic mass is 10.1. The highest BCUT2D eigenvalue weighted by molar-refractivity contribution is 7.09. The molecular formula is C18H17N3O2S. The van der Waals surface area contributed by atoms with Crippen LogP contribution >= 0.6 is 11.3 Å². The highest BCUT2D eigenvalue weighted by Crippen LogP contribution is 2.27. The molecule has 3 aromatic rings. The summed E-state index contributed by atoms with van der Waals surface area (Å²) in [7, 11) is 0. The minimum Gasteiger partial charge on any atom is -0.505 e. The van der Waals surface area contributed by atoms with Crippen molar-refractivity contribution in [1.29, 1.82) is 0 Å². The van der Waals surface area contributed by atoms with Crippen LogP contribution in [0.4, 0.5) is 5.69 Å². The molecule has 0 amide bonds. The maximum Gasteiger partial charge on any atom is 0.145 e. The Balaban J connectivity index is 1.95. The number of aryl methyl sites for hydroxylation is 2. The van der Waals surface area contributed by atoms with E-state index in [1.807, 2.05) is 36.6 Å². The number of aromatic nitrogens is 2. The number of hydrogen-bond acceptors (Lipinski definition) is 6. The molecule has 6 heteroatoms. The third kappa shape index (κ3) is 3.34. The van der Waals surface area contributed by atoms with Gasteiger partial charge in [0.05, 0.1) is 28.7 Å². The molecule has 2 aromatic heterocycles. The van der Waals surface area contributed by atoms with E-state index in [1.54, 1.807) is 30.7 Å². The summed E-state index contributed by atoms with van der Waals surface area (Å²) in [5, 5.41) is 22.6. The molecule has 0 saturated carbocycles. The number of aliphatic hydroxyl groups is 1. The summed E-state index contributed by atoms with van der Waals surface area (Å²) in [5.41, 5.74) is 4.18. The van der Waals surface area contributed by atoms with Gasteiger partial charge in [-0.25, -0.2) is 4.98 Å². The fourth-order valence-corrected chi connectivity index (χ4v) is 2.93. The van der Waals surface area contributed by atoms with E-state index in [0.717, 1.165) is 22.0 Å². The van der Waals surface area contributed by atoms with Crippen molar-refractivity contribution in [1.82, 2.24) is 9.97 Å². The average Bonchev–Trinajstić information content (AvgIpc) is 3.03. The van der Waals surface area contributed by atoms with Crippen LogP contribution in [0, 0.1) is 13.8 Å². The molecule has 0 atom stereocenters. The molecule has 0 aliphatic carbocycles. The van der Waals surface area contributed by atoms with Crippen LogP contribution in [-0.2, 0) is 6.61 Å². The van der Waals surface area contributed by atoms with Gasteiger partial charge in [0, 0.05) is 34.5 Å². The zero-order chi connectivity index (χ0) is 17.1. The largest absolute Gasteiger partial charge is 0.505 e. The minimum atomic E-state index is -0.208. The predicted molar refractivity (Wildman–Crippen MR) is 96.1 cm³/mol. The fraction of sp³-hybridized carbons (Fsp3) is 0.167. The number of thiazole rings is 1. The summed E-state index contributed by atoms with van der Waals surface area (Å²) in [6.45, 7) is 3.47. The van der Waals surface area contributed by atoms with Gasteiger partial charge in [-0.05, 0) is 26.0 Å². The smallest absolute Gasteiger partial charge is 0.145 e. The van der Waals surface area contributed by atoms with Crippen molar-refractivity contribution in [3.8, 4) is 17.0 Å². The van der Waals surface area contributed by atoms with Crippen LogP contribution in [0.3, 0.4) is 0 Å². The van der Waals surface area contributed by atoms with E-state index >= 15 is 0 Å². The molecule has 2 heterocycles. The van der Waals surface area contributed by atoms with Crippen LogP contribution in [0.25, 0.3) is 11.3 Å². The molecule has 2 N–H and O–H groups in total. The van der Waals surface area contributed by atoms with Crippen molar-refractivity contribution < 1.29 is 10.2 Å². The Morgan fingerprint density at radius 2 is 2.12 bits per heavy atom. The zero-order valence-electron chi connectivity index (χ0n) is 13.4. The summed E-state index contributed by atoms with van der Waals surface area (Å²) in [5.74, 6) is 0.0385. The first-order valence-corrected chi connectivity index (χ1v) is 8.31. The number of hydrogen-bond donors (Lipinski definition) is 2. The van der Waals surface area contributed by atoms with Gasteiger partial charge in [-0.15, -0.1) is 11.3 Å². The molecule has 0 aliphatic heterocycles. The Bertz CT molecular complexity index is 903. The summed E-state index contributed by atoms with van der Waals surface area (Å²) in [4.78, 5) is 13.0. The number of aliphatic hydroxyl groups excluding tert-OH is 1. The maximum absolute atomic E-state index is 10.1. The second-order valence-electron chi connectivity index (χ2n) is 5.35. The number of rotatable bonds is 4. The molecule has 24 heavy (non-hydrogen) atoms. The van der Waals surface area contributed by atoms with Gasteiger partial charge in [-0.1, -0.05) is 12.1 Å². The van der Waals surface area contributed by atoms with Crippen LogP contribution < -0.4 is 0 Å². The van der Waals surface area contributed by atoms with Crippen LogP contribution in [-0.4, -0.2) is 26.4 Å². The van der Waals surface area contributed by atoms with Crippen molar-refractivity contribution >= 4 is 23.2 Å². The van der Waals surface area contributed by atoms with E-state index in [1.165, 1.54) is 0 Å². The van der Waals surface area contributed by atoms with Crippen LogP contribution in [0.5, 0.6) is 5.75 Å². The molecule has 0 aliphatic rings. The van der Waals surface area contributed by atoms with Crippen molar-refractivity contribution in [2.45, 2.75) is 20.5 Å². The first kappa shape index (κ1) is 16.3. The number of benzene rings is 1. The lowest BCUT2D eigenvalue weighted by Gasteiger charge is -2.07. The maximum atomic E-state index is 10.1. The van der Waals surface area contributed by atoms with Crippen molar-refractivity contribution in [2.75, 3.05) is 0 Å². The number of pyridine rings is 1. The Morgan fingerprint density at radius 3 is 2.83 bits per heavy atom. The van der Waals surface area contributed by atoms with Gasteiger partial charge in [0.25, 0.3) is 0 Å². The molecule has 0 unspecified atom stereocenters. The first-order chi connectivity index (χ1) is 11.6. The van der Waals surface area contributed by atoms with Gasteiger partial charge in [-0.2, -0.15) is 0 Å². The van der Waals surface area contributed by atoms with Gasteiger partial charge in [0.15, 0.2) is 0 Å². The van der Waals surface area contributed by atoms with Crippen LogP contribution in [0.2, 0.25) is 0 Å². The van der Waals surface area contributed by atoms with Gasteiger partial charge < -0.3 is 10.2 Å². The second-order valence-corrected chi connectivity index (χ2v) is 6.41. The Hall–Kier alpha value is -2.57. The molecule has 122 valence electrons. The third-order valence-electron chi connectivity index (χ3n) is 3.63. The Kier molecular flexibility index (Phi) is 4.69. The van der Waals surface area contributed by atoms with E-state index in [4.69, 9.17) is 0 Å². The minimum absolute atomic E-state index is 0.0385. The van der Waals surface area contributed by atoms with E-state index in [2.05, 4.69) is 15.0 Å². The molecular weight excluding hydrogens is 322 g/mol. The Labute approximate surface area is 144 Å². The molecule has 0 fully saturated rings. The molecule has 0 saturated heterocycles. The second kappa shape index (κ2) is 6.90. The van der Waals surface area contributed by atoms with Gasteiger partial charge >= 0.3 is 0 Å². The summed E-state index contributed by atoms with van der Waals surface area (Å²) in [6.07, 6.45) is 3.10. The molecule has 3 rings (SSSR count). The van der Waals surface area contributed by atoms with E-state index in [9.17, 15) is 10.2 Å². The lowest BCUT2D eigenvalue weighted by Crippen LogP contribution is -1.97. The normalized spacial score (nSPS) is 11.3. The number of nitrogens with zero attached hydrogens (tertiary/aromatic N) is 3. The van der Waals surface area contributed by atoms with E-state index in [0.29, 0.717) is 16.8 Å². The standard InChI is InChI=1S/C18H17N3O2S/c1-11-18(23)16(14(9-22)7-19-11)8-20-15-5-3-4-13(6-15)17-10-24-12(2)21-17/h3-8,10,22-23H,9H2,1-2H3. The van der Waals surface area contributed by atoms with Gasteiger partial charge in [0.1, 0.15) is 5.75 Å². The average molecular weight is 339 g/mol. The zero-order valence-corrected chi connectivity index (χ0v) is 14.2. The summed E-state index contributed by atoms with van der Waals surface area (Å²) >= 11 is 1.61. The van der Waals surface area contributed by atoms with Gasteiger partial charge in [0.2, 0.25) is 0 Å². The predicted octanol–water partition coefficient (Wildman–Crippen LogP) is 3.77. The van der Waals surface area contributed by atoms with Crippen molar-refractivity contribution in [3.05, 3.63) is 57.7 Å². The molecule has 5 nitrogen and oxygen atoms in total. The molecule has 0 bridgehead atoms. The summed E-state index contributed by atoms with van der Waals surface area (Å²) < 4.78 is 0. The van der Waals surface area contributed by atoms with E-state index in [-0.39, 0.29) is 12.4 Å². The van der Waals surface area contributed by atoms with Crippen molar-refractivity contribution in [2.24, 2.45) is 4.99 Å². The first-order valence-electron chi connectivity index (χ1n) is 7.43. The monoisotopic (exact) mass is 339 g/mol. The Morgan fingerprint density at radius 1 is 1.29 bits per heavy atom. The third-order valence-corrected chi connectivity index (χ3v) is 4.41. The topological polar surface area (TPSA) is 78.6 Å². The quantitative estimate of drug-likeness (QED) is 0.709. The lowest BCUT2D eigenvalue weighted by molar-refractivity contribution is 0.280. The number of aliphatic imine (C=N–C) groups is 1. The molecule has 0 radical (unpaired) electrons. The number of aromatic hydroxyl groups is 1. The highest BCUT2D eigenvalue weighted by atomic mass is 32.1. The van der Waals surface area contributed by atoms with Gasteiger partial charge in [-0.3, -0.25) is 9.98 Å². The van der Waals surface area contributed by atoms with Crippen molar-refractivity contribution in [3.63, 3.8) is 0 Å². The SMILES string of the molecule is Cc1nc(-c2cccc(N=Cc3c(CO)cnc(C)c3O)c2)cs1. The highest BCUT2D eigenvalue weighted by Gasteiger charge is 2.09. The molecule has 1 aromatic carbocycles.